The Balaban J connectivity index is 2.18. The highest BCUT2D eigenvalue weighted by atomic mass is 79.9. The fourth-order valence-electron chi connectivity index (χ4n) is 2.32. The molecule has 0 amide bonds. The highest BCUT2D eigenvalue weighted by molar-refractivity contribution is 9.10. The Labute approximate surface area is 109 Å². The molecule has 2 rings (SSSR count). The van der Waals surface area contributed by atoms with E-state index in [9.17, 15) is 8.78 Å². The zero-order chi connectivity index (χ0) is 12.4. The second-order valence-electron chi connectivity index (χ2n) is 4.61. The molecule has 0 bridgehead atoms. The van der Waals surface area contributed by atoms with Gasteiger partial charge < -0.3 is 5.32 Å². The van der Waals surface area contributed by atoms with Crippen LogP contribution in [0.5, 0.6) is 0 Å². The molecule has 0 aliphatic heterocycles. The predicted molar refractivity (Wildman–Crippen MR) is 68.0 cm³/mol. The largest absolute Gasteiger partial charge is 0.316 e. The first-order valence-electron chi connectivity index (χ1n) is 5.93. The molecule has 1 aromatic carbocycles. The van der Waals surface area contributed by atoms with Gasteiger partial charge in [0.1, 0.15) is 11.6 Å². The van der Waals surface area contributed by atoms with E-state index in [1.54, 1.807) is 0 Å². The second kappa shape index (κ2) is 5.44. The van der Waals surface area contributed by atoms with Gasteiger partial charge in [-0.05, 0) is 60.3 Å². The summed E-state index contributed by atoms with van der Waals surface area (Å²) in [6.07, 6.45) is 3.95. The summed E-state index contributed by atoms with van der Waals surface area (Å²) in [4.78, 5) is 0. The number of hydrogen-bond donors (Lipinski definition) is 1. The van der Waals surface area contributed by atoms with Gasteiger partial charge in [0.15, 0.2) is 0 Å². The molecule has 1 aliphatic rings. The maximum absolute atomic E-state index is 13.8. The number of halogens is 3. The van der Waals surface area contributed by atoms with E-state index in [4.69, 9.17) is 0 Å². The first-order valence-corrected chi connectivity index (χ1v) is 6.72. The van der Waals surface area contributed by atoms with Gasteiger partial charge in [-0.3, -0.25) is 0 Å². The third kappa shape index (κ3) is 2.68. The van der Waals surface area contributed by atoms with Crippen molar-refractivity contribution < 1.29 is 8.78 Å². The van der Waals surface area contributed by atoms with Gasteiger partial charge in [0, 0.05) is 11.6 Å². The minimum absolute atomic E-state index is 0.169. The average Bonchev–Trinajstić information content (AvgIpc) is 2.25. The lowest BCUT2D eigenvalue weighted by Crippen LogP contribution is -2.39. The number of nitrogens with one attached hydrogen (secondary N) is 1. The van der Waals surface area contributed by atoms with E-state index in [2.05, 4.69) is 21.2 Å². The summed E-state index contributed by atoms with van der Waals surface area (Å²) in [6, 6.07) is 2.89. The molecular weight excluding hydrogens is 288 g/mol. The second-order valence-corrected chi connectivity index (χ2v) is 5.47. The third-order valence-corrected chi connectivity index (χ3v) is 4.27. The van der Waals surface area contributed by atoms with Crippen molar-refractivity contribution in [3.8, 4) is 0 Å². The van der Waals surface area contributed by atoms with Crippen LogP contribution in [0.15, 0.2) is 16.6 Å². The maximum atomic E-state index is 13.8. The fourth-order valence-corrected chi connectivity index (χ4v) is 2.69. The molecule has 1 fully saturated rings. The first kappa shape index (κ1) is 13.0. The molecule has 0 radical (unpaired) electrons. The number of benzene rings is 1. The molecule has 1 aliphatic carbocycles. The van der Waals surface area contributed by atoms with Gasteiger partial charge in [0.05, 0.1) is 4.47 Å². The number of rotatable bonds is 4. The molecule has 1 atom stereocenters. The Kier molecular flexibility index (Phi) is 4.15. The summed E-state index contributed by atoms with van der Waals surface area (Å²) in [5.41, 5.74) is 0.186. The van der Waals surface area contributed by atoms with Crippen LogP contribution in [0.2, 0.25) is 0 Å². The third-order valence-electron chi connectivity index (χ3n) is 3.65. The minimum atomic E-state index is -0.468. The number of likely N-dealkylation sites (N-methyl/N-ethyl adjacent to an activating group) is 1. The molecule has 0 spiro atoms. The Morgan fingerprint density at radius 1 is 1.41 bits per heavy atom. The highest BCUT2D eigenvalue weighted by Crippen LogP contribution is 2.32. The number of hydrogen-bond acceptors (Lipinski definition) is 1. The van der Waals surface area contributed by atoms with Gasteiger partial charge in [0.25, 0.3) is 0 Å². The van der Waals surface area contributed by atoms with Gasteiger partial charge in [0.2, 0.25) is 0 Å². The van der Waals surface area contributed by atoms with Gasteiger partial charge in [-0.2, -0.15) is 0 Å². The first-order chi connectivity index (χ1) is 8.13. The minimum Gasteiger partial charge on any atom is -0.316 e. The highest BCUT2D eigenvalue weighted by Gasteiger charge is 2.28. The molecule has 1 unspecified atom stereocenters. The Morgan fingerprint density at radius 2 is 2.12 bits per heavy atom. The molecule has 1 aromatic rings. The maximum Gasteiger partial charge on any atom is 0.143 e. The summed E-state index contributed by atoms with van der Waals surface area (Å²) in [5, 5.41) is 3.18. The summed E-state index contributed by atoms with van der Waals surface area (Å²) in [6.45, 7) is 0. The summed E-state index contributed by atoms with van der Waals surface area (Å²) in [5.74, 6) is -0.368. The van der Waals surface area contributed by atoms with Crippen molar-refractivity contribution in [1.29, 1.82) is 0 Å². The van der Waals surface area contributed by atoms with E-state index in [0.717, 1.165) is 12.8 Å². The molecule has 1 nitrogen and oxygen atoms in total. The molecule has 17 heavy (non-hydrogen) atoms. The fraction of sp³-hybridized carbons (Fsp3) is 0.538. The summed E-state index contributed by atoms with van der Waals surface area (Å²) < 4.78 is 27.8. The lowest BCUT2D eigenvalue weighted by atomic mass is 9.77. The van der Waals surface area contributed by atoms with Crippen molar-refractivity contribution in [2.24, 2.45) is 5.92 Å². The average molecular weight is 304 g/mol. The van der Waals surface area contributed by atoms with E-state index in [1.807, 2.05) is 7.05 Å². The lowest BCUT2D eigenvalue weighted by Gasteiger charge is -2.33. The van der Waals surface area contributed by atoms with Crippen molar-refractivity contribution in [3.05, 3.63) is 33.8 Å². The van der Waals surface area contributed by atoms with E-state index in [-0.39, 0.29) is 11.6 Å². The van der Waals surface area contributed by atoms with E-state index in [0.29, 0.717) is 16.8 Å². The summed E-state index contributed by atoms with van der Waals surface area (Å²) >= 11 is 3.10. The normalized spacial score (nSPS) is 17.9. The van der Waals surface area contributed by atoms with Crippen LogP contribution in [-0.2, 0) is 6.42 Å². The molecule has 0 aromatic heterocycles. The monoisotopic (exact) mass is 303 g/mol. The quantitative estimate of drug-likeness (QED) is 0.837. The molecule has 0 heterocycles. The van der Waals surface area contributed by atoms with Crippen LogP contribution in [0, 0.1) is 17.6 Å². The van der Waals surface area contributed by atoms with Crippen LogP contribution >= 0.6 is 15.9 Å². The smallest absolute Gasteiger partial charge is 0.143 e. The van der Waals surface area contributed by atoms with E-state index >= 15 is 0 Å². The van der Waals surface area contributed by atoms with Crippen LogP contribution in [0.25, 0.3) is 0 Å². The van der Waals surface area contributed by atoms with Crippen molar-refractivity contribution >= 4 is 15.9 Å². The van der Waals surface area contributed by atoms with Gasteiger partial charge in [-0.25, -0.2) is 8.78 Å². The van der Waals surface area contributed by atoms with E-state index < -0.39 is 11.6 Å². The summed E-state index contributed by atoms with van der Waals surface area (Å²) in [7, 11) is 1.86. The van der Waals surface area contributed by atoms with E-state index in [1.165, 1.54) is 18.6 Å². The molecule has 1 N–H and O–H groups in total. The van der Waals surface area contributed by atoms with Crippen LogP contribution in [0.1, 0.15) is 24.8 Å². The molecule has 0 saturated heterocycles. The van der Waals surface area contributed by atoms with Crippen molar-refractivity contribution in [3.63, 3.8) is 0 Å². The van der Waals surface area contributed by atoms with Crippen LogP contribution < -0.4 is 5.32 Å². The lowest BCUT2D eigenvalue weighted by molar-refractivity contribution is 0.233. The Morgan fingerprint density at radius 3 is 2.65 bits per heavy atom. The molecule has 94 valence electrons. The van der Waals surface area contributed by atoms with Crippen molar-refractivity contribution in [2.75, 3.05) is 7.05 Å². The van der Waals surface area contributed by atoms with Crippen LogP contribution in [0.4, 0.5) is 8.78 Å². The Hall–Kier alpha value is -0.480. The van der Waals surface area contributed by atoms with Gasteiger partial charge in [-0.15, -0.1) is 0 Å². The van der Waals surface area contributed by atoms with Crippen molar-refractivity contribution in [1.82, 2.24) is 5.32 Å². The Bertz CT molecular complexity index is 405. The van der Waals surface area contributed by atoms with Crippen LogP contribution in [-0.4, -0.2) is 13.1 Å². The van der Waals surface area contributed by atoms with Gasteiger partial charge >= 0.3 is 0 Å². The standard InChI is InChI=1S/C13H16BrF2N/c1-17-12(8-3-2-4-8)7-9-11(15)6-5-10(14)13(9)16/h5-6,8,12,17H,2-4,7H2,1H3. The van der Waals surface area contributed by atoms with Gasteiger partial charge in [-0.1, -0.05) is 6.42 Å². The molecule has 4 heteroatoms. The topological polar surface area (TPSA) is 12.0 Å². The molecule has 1 saturated carbocycles. The predicted octanol–water partition coefficient (Wildman–Crippen LogP) is 3.66. The SMILES string of the molecule is CNC(Cc1c(F)ccc(Br)c1F)C1CCC1. The zero-order valence-corrected chi connectivity index (χ0v) is 11.4. The zero-order valence-electron chi connectivity index (χ0n) is 9.77. The van der Waals surface area contributed by atoms with Crippen LogP contribution in [0.3, 0.4) is 0 Å². The van der Waals surface area contributed by atoms with Crippen molar-refractivity contribution in [2.45, 2.75) is 31.7 Å². The molecular formula is C13H16BrF2N.